The van der Waals surface area contributed by atoms with Gasteiger partial charge < -0.3 is 25.7 Å². The first-order valence-electron chi connectivity index (χ1n) is 8.76. The zero-order valence-corrected chi connectivity index (χ0v) is 17.4. The fourth-order valence-corrected chi connectivity index (χ4v) is 5.60. The molecule has 0 spiro atoms. The molecule has 0 bridgehead atoms. The van der Waals surface area contributed by atoms with E-state index in [1.165, 1.54) is 0 Å². The van der Waals surface area contributed by atoms with E-state index >= 15 is 0 Å². The van der Waals surface area contributed by atoms with Crippen LogP contribution in [0.15, 0.2) is 0 Å². The number of ether oxygens (including phenoxy) is 2. The van der Waals surface area contributed by atoms with Gasteiger partial charge in [-0.25, -0.2) is 0 Å². The summed E-state index contributed by atoms with van der Waals surface area (Å²) in [4.78, 5) is 34.7. The fourth-order valence-electron chi connectivity index (χ4n) is 2.15. The number of hydrogen-bond donors (Lipinski definition) is 2. The lowest BCUT2D eigenvalue weighted by Gasteiger charge is -2.21. The minimum atomic E-state index is -0.667. The van der Waals surface area contributed by atoms with Gasteiger partial charge in [0, 0.05) is 6.42 Å². The number of esters is 2. The summed E-state index contributed by atoms with van der Waals surface area (Å²) in [5, 5.41) is -0.146. The van der Waals surface area contributed by atoms with Gasteiger partial charge in [0.2, 0.25) is 0 Å². The van der Waals surface area contributed by atoms with E-state index in [2.05, 4.69) is 0 Å². The van der Waals surface area contributed by atoms with Gasteiger partial charge >= 0.3 is 11.9 Å². The van der Waals surface area contributed by atoms with Crippen LogP contribution in [0, 0.1) is 11.8 Å². The van der Waals surface area contributed by atoms with Gasteiger partial charge in [0.25, 0.3) is 0 Å². The molecule has 1 unspecified atom stereocenters. The van der Waals surface area contributed by atoms with Crippen LogP contribution in [0.3, 0.4) is 0 Å². The molecule has 0 amide bonds. The average molecular weight is 407 g/mol. The molecule has 4 N–H and O–H groups in total. The first-order chi connectivity index (χ1) is 12.2. The Labute approximate surface area is 163 Å². The molecule has 0 aromatic carbocycles. The Morgan fingerprint density at radius 1 is 0.923 bits per heavy atom. The number of nitrogens with two attached hydrogens (primary N) is 2. The summed E-state index contributed by atoms with van der Waals surface area (Å²) in [6, 6.07) is -1.33. The lowest BCUT2D eigenvalue weighted by molar-refractivity contribution is -0.148. The number of thioether (sulfide) groups is 2. The third-order valence-electron chi connectivity index (χ3n) is 4.12. The lowest BCUT2D eigenvalue weighted by Crippen LogP contribution is -2.40. The molecule has 7 nitrogen and oxygen atoms in total. The molecule has 9 heteroatoms. The molecule has 1 aliphatic heterocycles. The monoisotopic (exact) mass is 406 g/mol. The van der Waals surface area contributed by atoms with Crippen molar-refractivity contribution >= 4 is 41.7 Å². The van der Waals surface area contributed by atoms with Crippen molar-refractivity contribution < 1.29 is 23.9 Å². The fraction of sp³-hybridized carbons (Fsp3) is 0.824. The zero-order valence-electron chi connectivity index (χ0n) is 15.8. The van der Waals surface area contributed by atoms with Gasteiger partial charge in [0.05, 0.1) is 15.1 Å². The number of carbonyl (C=O) groups is 3. The maximum absolute atomic E-state index is 12.0. The number of hydrogen-bond acceptors (Lipinski definition) is 9. The summed E-state index contributed by atoms with van der Waals surface area (Å²) in [5.74, 6) is -0.903. The Bertz CT molecular complexity index is 452. The highest BCUT2D eigenvalue weighted by atomic mass is 32.2. The third kappa shape index (κ3) is 7.09. The summed E-state index contributed by atoms with van der Waals surface area (Å²) in [6.07, 6.45) is 1.26. The molecule has 1 heterocycles. The highest BCUT2D eigenvalue weighted by molar-refractivity contribution is 8.20. The van der Waals surface area contributed by atoms with Crippen LogP contribution in [0.1, 0.15) is 34.1 Å². The van der Waals surface area contributed by atoms with Gasteiger partial charge in [-0.05, 0) is 11.8 Å². The molecule has 0 aromatic rings. The molecule has 1 rings (SSSR count). The molecule has 5 atom stereocenters. The van der Waals surface area contributed by atoms with Crippen molar-refractivity contribution in [2.45, 2.75) is 61.3 Å². The van der Waals surface area contributed by atoms with Crippen LogP contribution in [-0.4, -0.2) is 58.6 Å². The molecule has 1 fully saturated rings. The normalized spacial score (nSPS) is 25.2. The third-order valence-corrected chi connectivity index (χ3v) is 7.58. The van der Waals surface area contributed by atoms with E-state index in [4.69, 9.17) is 20.9 Å². The average Bonchev–Trinajstić information content (AvgIpc) is 2.97. The highest BCUT2D eigenvalue weighted by Gasteiger charge is 2.38. The summed E-state index contributed by atoms with van der Waals surface area (Å²) in [7, 11) is 0. The van der Waals surface area contributed by atoms with E-state index in [1.54, 1.807) is 23.5 Å². The van der Waals surface area contributed by atoms with E-state index in [1.807, 2.05) is 27.7 Å². The van der Waals surface area contributed by atoms with Crippen LogP contribution in [-0.2, 0) is 23.9 Å². The van der Waals surface area contributed by atoms with Gasteiger partial charge in [0.1, 0.15) is 31.6 Å². The van der Waals surface area contributed by atoms with Crippen molar-refractivity contribution in [2.75, 3.05) is 13.2 Å². The SMILES string of the molecule is CC(C)[C@H](N)C(=O)OC[C@@H]1SC(CC=O)S[C@@H]1COC(=O)[C@@H](N)C(C)C. The van der Waals surface area contributed by atoms with Crippen LogP contribution in [0.2, 0.25) is 0 Å². The second-order valence-electron chi connectivity index (χ2n) is 6.98. The minimum absolute atomic E-state index is 0.00908. The van der Waals surface area contributed by atoms with Crippen molar-refractivity contribution in [3.8, 4) is 0 Å². The van der Waals surface area contributed by atoms with Crippen LogP contribution < -0.4 is 11.5 Å². The topological polar surface area (TPSA) is 122 Å². The highest BCUT2D eigenvalue weighted by Crippen LogP contribution is 2.45. The molecular weight excluding hydrogens is 376 g/mol. The summed E-state index contributed by atoms with van der Waals surface area (Å²) in [5.41, 5.74) is 11.6. The number of rotatable bonds is 10. The van der Waals surface area contributed by atoms with Gasteiger partial charge in [-0.2, -0.15) is 0 Å². The maximum atomic E-state index is 12.0. The second kappa shape index (κ2) is 11.2. The van der Waals surface area contributed by atoms with Crippen molar-refractivity contribution in [1.29, 1.82) is 0 Å². The second-order valence-corrected chi connectivity index (χ2v) is 10.2. The molecule has 1 aliphatic rings. The Balaban J connectivity index is 2.60. The standard InChI is InChI=1S/C17H30N2O5S2/c1-9(2)14(18)16(21)23-7-11-12(26-13(25-11)5-6-20)8-24-17(22)15(19)10(3)4/h6,9-15H,5,7-8,18-19H2,1-4H3/t11-,12+,13?,14-,15-/m0/s1. The lowest BCUT2D eigenvalue weighted by atomic mass is 10.1. The van der Waals surface area contributed by atoms with E-state index in [9.17, 15) is 14.4 Å². The van der Waals surface area contributed by atoms with Crippen molar-refractivity contribution in [1.82, 2.24) is 0 Å². The number of aldehydes is 1. The molecule has 0 aromatic heterocycles. The molecule has 26 heavy (non-hydrogen) atoms. The Morgan fingerprint density at radius 3 is 1.62 bits per heavy atom. The van der Waals surface area contributed by atoms with Crippen molar-refractivity contribution in [2.24, 2.45) is 23.3 Å². The van der Waals surface area contributed by atoms with Crippen LogP contribution >= 0.6 is 23.5 Å². The first-order valence-corrected chi connectivity index (χ1v) is 10.6. The van der Waals surface area contributed by atoms with Gasteiger partial charge in [-0.3, -0.25) is 9.59 Å². The van der Waals surface area contributed by atoms with Crippen LogP contribution in [0.4, 0.5) is 0 Å². The predicted molar refractivity (Wildman–Crippen MR) is 105 cm³/mol. The predicted octanol–water partition coefficient (Wildman–Crippen LogP) is 1.17. The molecular formula is C17H30N2O5S2. The Kier molecular flexibility index (Phi) is 9.99. The number of carbonyl (C=O) groups excluding carboxylic acids is 3. The maximum Gasteiger partial charge on any atom is 0.323 e. The molecule has 1 saturated heterocycles. The first kappa shape index (κ1) is 23.3. The van der Waals surface area contributed by atoms with Gasteiger partial charge in [0.15, 0.2) is 0 Å². The summed E-state index contributed by atoms with van der Waals surface area (Å²) < 4.78 is 10.7. The molecule has 0 saturated carbocycles. The van der Waals surface area contributed by atoms with Crippen LogP contribution in [0.25, 0.3) is 0 Å². The summed E-state index contributed by atoms with van der Waals surface area (Å²) in [6.45, 7) is 7.76. The minimum Gasteiger partial charge on any atom is -0.463 e. The Hall–Kier alpha value is -0.770. The quantitative estimate of drug-likeness (QED) is 0.406. The molecule has 0 radical (unpaired) electrons. The van der Waals surface area contributed by atoms with Gasteiger partial charge in [-0.1, -0.05) is 27.7 Å². The van der Waals surface area contributed by atoms with Crippen LogP contribution in [0.5, 0.6) is 0 Å². The molecule has 150 valence electrons. The van der Waals surface area contributed by atoms with E-state index in [0.717, 1.165) is 6.29 Å². The van der Waals surface area contributed by atoms with Crippen molar-refractivity contribution in [3.05, 3.63) is 0 Å². The largest absolute Gasteiger partial charge is 0.463 e. The zero-order chi connectivity index (χ0) is 19.9. The Morgan fingerprint density at radius 2 is 1.31 bits per heavy atom. The van der Waals surface area contributed by atoms with Crippen molar-refractivity contribution in [3.63, 3.8) is 0 Å². The van der Waals surface area contributed by atoms with Gasteiger partial charge in [-0.15, -0.1) is 23.5 Å². The summed E-state index contributed by atoms with van der Waals surface area (Å²) >= 11 is 3.13. The molecule has 0 aliphatic carbocycles. The van der Waals surface area contributed by atoms with E-state index in [0.29, 0.717) is 6.42 Å². The van der Waals surface area contributed by atoms with E-state index in [-0.39, 0.29) is 40.1 Å². The van der Waals surface area contributed by atoms with E-state index < -0.39 is 24.0 Å². The smallest absolute Gasteiger partial charge is 0.323 e.